The number of nitrogens with one attached hydrogen (secondary N) is 1. The van der Waals surface area contributed by atoms with Gasteiger partial charge < -0.3 is 15.8 Å². The van der Waals surface area contributed by atoms with Gasteiger partial charge >= 0.3 is 0 Å². The zero-order valence-electron chi connectivity index (χ0n) is 22.0. The van der Waals surface area contributed by atoms with Crippen molar-refractivity contribution in [2.24, 2.45) is 17.6 Å². The molecule has 0 radical (unpaired) electrons. The SMILES string of the molecule is COc1ccc2c(c1)[C@]1(CCCCN[C@@H](Cc3ccccc3)C(N)=O)CCN(CC3CC3)[C@H](C2)[C@@H]1C. The van der Waals surface area contributed by atoms with Crippen molar-refractivity contribution in [1.29, 1.82) is 0 Å². The Hall–Kier alpha value is -2.37. The summed E-state index contributed by atoms with van der Waals surface area (Å²) in [6, 6.07) is 17.2. The van der Waals surface area contributed by atoms with Crippen molar-refractivity contribution in [3.63, 3.8) is 0 Å². The van der Waals surface area contributed by atoms with Crippen LogP contribution in [0.3, 0.4) is 0 Å². The minimum Gasteiger partial charge on any atom is -0.497 e. The number of hydrogen-bond acceptors (Lipinski definition) is 4. The van der Waals surface area contributed by atoms with Crippen molar-refractivity contribution in [2.45, 2.75) is 75.8 Å². The first-order chi connectivity index (χ1) is 17.5. The third kappa shape index (κ3) is 5.33. The average molecular weight is 490 g/mol. The molecule has 2 fully saturated rings. The molecule has 2 bridgehead atoms. The fraction of sp³-hybridized carbons (Fsp3) is 0.581. The van der Waals surface area contributed by atoms with E-state index in [1.165, 1.54) is 49.9 Å². The third-order valence-electron chi connectivity index (χ3n) is 9.30. The van der Waals surface area contributed by atoms with Crippen LogP contribution in [0.15, 0.2) is 48.5 Å². The van der Waals surface area contributed by atoms with Crippen molar-refractivity contribution < 1.29 is 9.53 Å². The number of likely N-dealkylation sites (tertiary alicyclic amines) is 1. The Morgan fingerprint density at radius 1 is 1.19 bits per heavy atom. The Balaban J connectivity index is 1.24. The van der Waals surface area contributed by atoms with E-state index in [0.717, 1.165) is 43.0 Å². The van der Waals surface area contributed by atoms with Gasteiger partial charge in [-0.05, 0) is 98.7 Å². The molecule has 194 valence electrons. The quantitative estimate of drug-likeness (QED) is 0.432. The highest BCUT2D eigenvalue weighted by molar-refractivity contribution is 5.80. The van der Waals surface area contributed by atoms with E-state index in [0.29, 0.717) is 18.4 Å². The highest BCUT2D eigenvalue weighted by Gasteiger charge is 2.51. The Morgan fingerprint density at radius 2 is 2.00 bits per heavy atom. The summed E-state index contributed by atoms with van der Waals surface area (Å²) in [4.78, 5) is 14.9. The maximum Gasteiger partial charge on any atom is 0.234 e. The Kier molecular flexibility index (Phi) is 7.68. The van der Waals surface area contributed by atoms with Gasteiger partial charge in [-0.3, -0.25) is 9.69 Å². The molecule has 0 spiro atoms. The highest BCUT2D eigenvalue weighted by Crippen LogP contribution is 2.52. The number of methoxy groups -OCH3 is 1. The molecule has 0 unspecified atom stereocenters. The van der Waals surface area contributed by atoms with Gasteiger partial charge in [-0.2, -0.15) is 0 Å². The Labute approximate surface area is 216 Å². The van der Waals surface area contributed by atoms with Crippen LogP contribution in [0.1, 0.15) is 62.1 Å². The number of unbranched alkanes of at least 4 members (excludes halogenated alkanes) is 1. The molecule has 0 aromatic heterocycles. The Morgan fingerprint density at radius 3 is 2.72 bits per heavy atom. The molecule has 2 aromatic carbocycles. The van der Waals surface area contributed by atoms with Gasteiger partial charge in [0, 0.05) is 18.0 Å². The number of primary amides is 1. The van der Waals surface area contributed by atoms with E-state index in [2.05, 4.69) is 47.5 Å². The zero-order valence-corrected chi connectivity index (χ0v) is 22.0. The van der Waals surface area contributed by atoms with Gasteiger partial charge in [0.1, 0.15) is 5.75 Å². The van der Waals surface area contributed by atoms with Gasteiger partial charge in [0.2, 0.25) is 5.91 Å². The van der Waals surface area contributed by atoms with Crippen LogP contribution in [-0.2, 0) is 23.1 Å². The van der Waals surface area contributed by atoms with Crippen LogP contribution in [0.4, 0.5) is 0 Å². The summed E-state index contributed by atoms with van der Waals surface area (Å²) in [5, 5.41) is 3.44. The molecule has 3 aliphatic rings. The molecule has 1 saturated heterocycles. The maximum atomic E-state index is 12.1. The second-order valence-electron chi connectivity index (χ2n) is 11.5. The first-order valence-corrected chi connectivity index (χ1v) is 14.0. The van der Waals surface area contributed by atoms with Crippen LogP contribution in [-0.4, -0.2) is 49.6 Å². The number of ether oxygens (including phenoxy) is 1. The van der Waals surface area contributed by atoms with E-state index in [-0.39, 0.29) is 17.4 Å². The van der Waals surface area contributed by atoms with Crippen LogP contribution < -0.4 is 15.8 Å². The lowest BCUT2D eigenvalue weighted by Crippen LogP contribution is -2.59. The topological polar surface area (TPSA) is 67.6 Å². The second-order valence-corrected chi connectivity index (χ2v) is 11.5. The first-order valence-electron chi connectivity index (χ1n) is 14.0. The van der Waals surface area contributed by atoms with Crippen LogP contribution in [0.25, 0.3) is 0 Å². The van der Waals surface area contributed by atoms with Crippen molar-refractivity contribution in [1.82, 2.24) is 10.2 Å². The van der Waals surface area contributed by atoms with E-state index in [9.17, 15) is 4.79 Å². The van der Waals surface area contributed by atoms with Gasteiger partial charge in [0.05, 0.1) is 13.2 Å². The smallest absolute Gasteiger partial charge is 0.234 e. The predicted octanol–water partition coefficient (Wildman–Crippen LogP) is 4.47. The molecular formula is C31H43N3O2. The lowest BCUT2D eigenvalue weighted by molar-refractivity contribution is -0.120. The standard InChI is InChI=1S/C31H43N3O2/c1-22-29-19-25-12-13-26(36-2)20-27(25)31(22,15-17-34(29)21-24-10-11-24)14-6-7-16-33-28(30(32)35)18-23-8-4-3-5-9-23/h3-5,8-9,12-13,20,22,24,28-29,33H,6-7,10-11,14-19,21H2,1-2H3,(H2,32,35)/t22-,28-,29+,31+/m0/s1. The van der Waals surface area contributed by atoms with E-state index >= 15 is 0 Å². The van der Waals surface area contributed by atoms with Crippen LogP contribution in [0.2, 0.25) is 0 Å². The molecule has 1 amide bonds. The molecule has 5 heteroatoms. The van der Waals surface area contributed by atoms with Gasteiger partial charge in [0.15, 0.2) is 0 Å². The van der Waals surface area contributed by atoms with Gasteiger partial charge in [-0.1, -0.05) is 49.7 Å². The number of hydrogen-bond donors (Lipinski definition) is 2. The lowest BCUT2D eigenvalue weighted by atomic mass is 9.56. The van der Waals surface area contributed by atoms with Crippen molar-refractivity contribution in [2.75, 3.05) is 26.7 Å². The van der Waals surface area contributed by atoms with Crippen molar-refractivity contribution in [3.05, 3.63) is 65.2 Å². The van der Waals surface area contributed by atoms with Crippen molar-refractivity contribution in [3.8, 4) is 5.75 Å². The summed E-state index contributed by atoms with van der Waals surface area (Å²) in [5.74, 6) is 2.27. The maximum absolute atomic E-state index is 12.1. The van der Waals surface area contributed by atoms with Crippen LogP contribution >= 0.6 is 0 Å². The average Bonchev–Trinajstić information content (AvgIpc) is 3.70. The minimum absolute atomic E-state index is 0.208. The number of nitrogens with two attached hydrogens (primary N) is 1. The molecule has 1 heterocycles. The van der Waals surface area contributed by atoms with E-state index in [1.807, 2.05) is 18.2 Å². The summed E-state index contributed by atoms with van der Waals surface area (Å²) in [5.41, 5.74) is 10.1. The normalized spacial score (nSPS) is 26.3. The van der Waals surface area contributed by atoms with Crippen molar-refractivity contribution >= 4 is 5.91 Å². The summed E-state index contributed by atoms with van der Waals surface area (Å²) >= 11 is 0. The minimum atomic E-state index is -0.320. The highest BCUT2D eigenvalue weighted by atomic mass is 16.5. The molecule has 2 aromatic rings. The molecular weight excluding hydrogens is 446 g/mol. The number of nitrogens with zero attached hydrogens (tertiary/aromatic N) is 1. The molecule has 5 nitrogen and oxygen atoms in total. The van der Waals surface area contributed by atoms with Gasteiger partial charge in [0.25, 0.3) is 0 Å². The largest absolute Gasteiger partial charge is 0.497 e. The predicted molar refractivity (Wildman–Crippen MR) is 145 cm³/mol. The number of amides is 1. The molecule has 1 aliphatic heterocycles. The molecule has 3 N–H and O–H groups in total. The fourth-order valence-corrected chi connectivity index (χ4v) is 6.97. The van der Waals surface area contributed by atoms with Gasteiger partial charge in [-0.25, -0.2) is 0 Å². The molecule has 4 atom stereocenters. The van der Waals surface area contributed by atoms with Crippen LogP contribution in [0.5, 0.6) is 5.75 Å². The van der Waals surface area contributed by atoms with Gasteiger partial charge in [-0.15, -0.1) is 0 Å². The molecule has 1 saturated carbocycles. The number of fused-ring (bicyclic) bond motifs is 4. The fourth-order valence-electron chi connectivity index (χ4n) is 6.97. The third-order valence-corrected chi connectivity index (χ3v) is 9.30. The number of rotatable bonds is 12. The summed E-state index contributed by atoms with van der Waals surface area (Å²) in [6.45, 7) is 5.82. The summed E-state index contributed by atoms with van der Waals surface area (Å²) in [6.07, 6.45) is 9.23. The monoisotopic (exact) mass is 489 g/mol. The number of benzene rings is 2. The zero-order chi connectivity index (χ0) is 25.1. The van der Waals surface area contributed by atoms with E-state index < -0.39 is 0 Å². The molecule has 5 rings (SSSR count). The molecule has 2 aliphatic carbocycles. The summed E-state index contributed by atoms with van der Waals surface area (Å²) in [7, 11) is 1.78. The number of carbonyl (C=O) groups excluding carboxylic acids is 1. The molecule has 36 heavy (non-hydrogen) atoms. The number of carbonyl (C=O) groups is 1. The summed E-state index contributed by atoms with van der Waals surface area (Å²) < 4.78 is 5.66. The number of piperidine rings is 1. The first kappa shape index (κ1) is 25.3. The van der Waals surface area contributed by atoms with E-state index in [1.54, 1.807) is 7.11 Å². The van der Waals surface area contributed by atoms with Crippen LogP contribution in [0, 0.1) is 11.8 Å². The Bertz CT molecular complexity index is 1040. The lowest BCUT2D eigenvalue weighted by Gasteiger charge is -2.56. The second kappa shape index (κ2) is 10.9. The van der Waals surface area contributed by atoms with E-state index in [4.69, 9.17) is 10.5 Å².